The number of rotatable bonds is 1. The van der Waals surface area contributed by atoms with E-state index in [1.54, 1.807) is 18.2 Å². The standard InChI is InChI=1S/C18H22N4O2.C2HF3O2/c23-16-14-3-2-13(10-15(14)20-12-21-16)17(24)22-9-1-4-18(11-22)5-7-19-8-6-18;3-2(4,5)1(6)7/h2-3,10,12,19H,1,4-9,11H2,(H,20,21,23);(H,6,7). The van der Waals surface area contributed by atoms with Crippen LogP contribution in [-0.2, 0) is 4.79 Å². The van der Waals surface area contributed by atoms with Gasteiger partial charge in [-0.05, 0) is 62.4 Å². The number of halogens is 3. The summed E-state index contributed by atoms with van der Waals surface area (Å²) in [5, 5.41) is 11.1. The van der Waals surface area contributed by atoms with E-state index in [0.717, 1.165) is 45.4 Å². The van der Waals surface area contributed by atoms with Crippen molar-refractivity contribution in [2.24, 2.45) is 5.41 Å². The lowest BCUT2D eigenvalue weighted by molar-refractivity contribution is -0.192. The SMILES string of the molecule is O=C(O)C(F)(F)F.O=C(c1ccc2c(=O)[nH]cnc2c1)N1CCCC2(CCNCC2)C1. The molecule has 1 aromatic carbocycles. The number of fused-ring (bicyclic) bond motifs is 1. The number of alkyl halides is 3. The first kappa shape index (κ1) is 22.7. The number of piperidine rings is 2. The maximum Gasteiger partial charge on any atom is 0.490 e. The van der Waals surface area contributed by atoms with Gasteiger partial charge in [0.2, 0.25) is 0 Å². The van der Waals surface area contributed by atoms with Gasteiger partial charge in [0.05, 0.1) is 17.2 Å². The quantitative estimate of drug-likeness (QED) is 0.626. The fourth-order valence-electron chi connectivity index (χ4n) is 4.13. The fourth-order valence-corrected chi connectivity index (χ4v) is 4.13. The zero-order valence-corrected chi connectivity index (χ0v) is 16.7. The molecule has 1 spiro atoms. The lowest BCUT2D eigenvalue weighted by Gasteiger charge is -2.45. The predicted octanol–water partition coefficient (Wildman–Crippen LogP) is 2.16. The van der Waals surface area contributed by atoms with Gasteiger partial charge in [-0.15, -0.1) is 0 Å². The molecule has 11 heteroatoms. The van der Waals surface area contributed by atoms with Gasteiger partial charge in [0, 0.05) is 18.7 Å². The van der Waals surface area contributed by atoms with E-state index in [0.29, 0.717) is 16.5 Å². The van der Waals surface area contributed by atoms with Gasteiger partial charge in [-0.25, -0.2) is 9.78 Å². The molecule has 2 fully saturated rings. The van der Waals surface area contributed by atoms with Crippen molar-refractivity contribution in [1.82, 2.24) is 20.2 Å². The highest BCUT2D eigenvalue weighted by Crippen LogP contribution is 2.38. The Morgan fingerprint density at radius 3 is 2.48 bits per heavy atom. The lowest BCUT2D eigenvalue weighted by Crippen LogP contribution is -2.50. The highest BCUT2D eigenvalue weighted by molar-refractivity contribution is 5.97. The number of aliphatic carboxylic acids is 1. The van der Waals surface area contributed by atoms with E-state index in [2.05, 4.69) is 15.3 Å². The number of likely N-dealkylation sites (tertiary alicyclic amines) is 1. The summed E-state index contributed by atoms with van der Waals surface area (Å²) in [7, 11) is 0. The third kappa shape index (κ3) is 5.40. The summed E-state index contributed by atoms with van der Waals surface area (Å²) >= 11 is 0. The molecular weight excluding hydrogens is 417 g/mol. The van der Waals surface area contributed by atoms with Crippen LogP contribution in [0.4, 0.5) is 13.2 Å². The number of hydrogen-bond acceptors (Lipinski definition) is 5. The van der Waals surface area contributed by atoms with Crippen LogP contribution in [0.15, 0.2) is 29.3 Å². The van der Waals surface area contributed by atoms with Gasteiger partial charge in [0.25, 0.3) is 11.5 Å². The normalized spacial score (nSPS) is 18.4. The van der Waals surface area contributed by atoms with Crippen molar-refractivity contribution in [3.63, 3.8) is 0 Å². The Kier molecular flexibility index (Phi) is 6.63. The summed E-state index contributed by atoms with van der Waals surface area (Å²) in [4.78, 5) is 42.3. The Hall–Kier alpha value is -2.95. The molecule has 1 amide bonds. The number of amides is 1. The second-order valence-corrected chi connectivity index (χ2v) is 7.85. The van der Waals surface area contributed by atoms with Crippen LogP contribution in [0.3, 0.4) is 0 Å². The topological polar surface area (TPSA) is 115 Å². The highest BCUT2D eigenvalue weighted by Gasteiger charge is 2.39. The molecule has 0 bridgehead atoms. The second-order valence-electron chi connectivity index (χ2n) is 7.85. The Labute approximate surface area is 175 Å². The molecule has 2 saturated heterocycles. The number of nitrogens with one attached hydrogen (secondary N) is 2. The van der Waals surface area contributed by atoms with E-state index in [9.17, 15) is 22.8 Å². The van der Waals surface area contributed by atoms with E-state index >= 15 is 0 Å². The Balaban J connectivity index is 0.000000339. The predicted molar refractivity (Wildman–Crippen MR) is 106 cm³/mol. The number of nitrogens with zero attached hydrogens (tertiary/aromatic N) is 2. The molecule has 0 unspecified atom stereocenters. The molecule has 8 nitrogen and oxygen atoms in total. The first-order valence-electron chi connectivity index (χ1n) is 9.89. The zero-order valence-electron chi connectivity index (χ0n) is 16.7. The van der Waals surface area contributed by atoms with E-state index < -0.39 is 12.1 Å². The van der Waals surface area contributed by atoms with Gasteiger partial charge < -0.3 is 20.3 Å². The van der Waals surface area contributed by atoms with Gasteiger partial charge in [-0.1, -0.05) is 0 Å². The molecule has 1 aromatic heterocycles. The zero-order chi connectivity index (χ0) is 22.6. The summed E-state index contributed by atoms with van der Waals surface area (Å²) in [6.45, 7) is 3.75. The van der Waals surface area contributed by atoms with Crippen LogP contribution in [-0.4, -0.2) is 64.2 Å². The van der Waals surface area contributed by atoms with Gasteiger partial charge in [0.15, 0.2) is 0 Å². The number of aromatic amines is 1. The molecule has 0 aliphatic carbocycles. The number of carbonyl (C=O) groups excluding carboxylic acids is 1. The van der Waals surface area contributed by atoms with Crippen LogP contribution < -0.4 is 10.9 Å². The molecule has 31 heavy (non-hydrogen) atoms. The minimum absolute atomic E-state index is 0.0524. The van der Waals surface area contributed by atoms with Crippen molar-refractivity contribution in [3.05, 3.63) is 40.4 Å². The van der Waals surface area contributed by atoms with Gasteiger partial charge >= 0.3 is 12.1 Å². The fraction of sp³-hybridized carbons (Fsp3) is 0.500. The first-order chi connectivity index (χ1) is 14.6. The molecule has 3 heterocycles. The van der Waals surface area contributed by atoms with Crippen molar-refractivity contribution in [2.45, 2.75) is 31.9 Å². The largest absolute Gasteiger partial charge is 0.490 e. The molecular formula is C20H23F3N4O4. The lowest BCUT2D eigenvalue weighted by atomic mass is 9.73. The third-order valence-electron chi connectivity index (χ3n) is 5.74. The van der Waals surface area contributed by atoms with Gasteiger partial charge in [0.1, 0.15) is 0 Å². The average Bonchev–Trinajstić information content (AvgIpc) is 2.73. The molecule has 2 aliphatic heterocycles. The van der Waals surface area contributed by atoms with Crippen molar-refractivity contribution in [3.8, 4) is 0 Å². The minimum atomic E-state index is -5.08. The number of H-pyrrole nitrogens is 1. The maximum absolute atomic E-state index is 13.0. The highest BCUT2D eigenvalue weighted by atomic mass is 19.4. The molecule has 0 saturated carbocycles. The first-order valence-corrected chi connectivity index (χ1v) is 9.89. The summed E-state index contributed by atoms with van der Waals surface area (Å²) in [6.07, 6.45) is 0.866. The van der Waals surface area contributed by atoms with Crippen LogP contribution in [0.5, 0.6) is 0 Å². The smallest absolute Gasteiger partial charge is 0.475 e. The minimum Gasteiger partial charge on any atom is -0.475 e. The Morgan fingerprint density at radius 2 is 1.84 bits per heavy atom. The molecule has 0 radical (unpaired) electrons. The van der Waals surface area contributed by atoms with E-state index in [-0.39, 0.29) is 16.9 Å². The van der Waals surface area contributed by atoms with E-state index in [1.165, 1.54) is 12.7 Å². The van der Waals surface area contributed by atoms with Crippen LogP contribution in [0.1, 0.15) is 36.0 Å². The van der Waals surface area contributed by atoms with Crippen LogP contribution in [0.25, 0.3) is 10.9 Å². The van der Waals surface area contributed by atoms with Crippen molar-refractivity contribution >= 4 is 22.8 Å². The van der Waals surface area contributed by atoms with Crippen LogP contribution in [0, 0.1) is 5.41 Å². The molecule has 0 atom stereocenters. The molecule has 2 aliphatic rings. The summed E-state index contributed by atoms with van der Waals surface area (Å²) < 4.78 is 31.7. The molecule has 2 aromatic rings. The van der Waals surface area contributed by atoms with Crippen LogP contribution >= 0.6 is 0 Å². The number of aromatic nitrogens is 2. The monoisotopic (exact) mass is 440 g/mol. The van der Waals surface area contributed by atoms with Gasteiger partial charge in [-0.3, -0.25) is 9.59 Å². The van der Waals surface area contributed by atoms with Crippen molar-refractivity contribution in [1.29, 1.82) is 0 Å². The Morgan fingerprint density at radius 1 is 1.16 bits per heavy atom. The third-order valence-corrected chi connectivity index (χ3v) is 5.74. The molecule has 3 N–H and O–H groups in total. The summed E-state index contributed by atoms with van der Waals surface area (Å²) in [6, 6.07) is 5.17. The second kappa shape index (κ2) is 9.04. The van der Waals surface area contributed by atoms with E-state index in [4.69, 9.17) is 9.90 Å². The molecule has 168 valence electrons. The van der Waals surface area contributed by atoms with Gasteiger partial charge in [-0.2, -0.15) is 13.2 Å². The summed E-state index contributed by atoms with van der Waals surface area (Å²) in [5.74, 6) is -2.70. The van der Waals surface area contributed by atoms with Crippen LogP contribution in [0.2, 0.25) is 0 Å². The van der Waals surface area contributed by atoms with E-state index in [1.807, 2.05) is 4.90 Å². The number of carbonyl (C=O) groups is 2. The van der Waals surface area contributed by atoms with Crippen molar-refractivity contribution in [2.75, 3.05) is 26.2 Å². The molecule has 4 rings (SSSR count). The average molecular weight is 440 g/mol. The Bertz CT molecular complexity index is 1010. The number of carboxylic acids is 1. The number of carboxylic acid groups (broad SMARTS) is 1. The number of benzene rings is 1. The summed E-state index contributed by atoms with van der Waals surface area (Å²) in [5.41, 5.74) is 1.29. The van der Waals surface area contributed by atoms with Crippen molar-refractivity contribution < 1.29 is 27.9 Å². The maximum atomic E-state index is 13.0. The number of hydrogen-bond donors (Lipinski definition) is 3.